The molecule has 0 radical (unpaired) electrons. The van der Waals surface area contributed by atoms with Crippen LogP contribution in [0.1, 0.15) is 19.4 Å². The highest BCUT2D eigenvalue weighted by Gasteiger charge is 2.31. The van der Waals surface area contributed by atoms with Crippen LogP contribution in [0.2, 0.25) is 5.02 Å². The largest absolute Gasteiger partial charge is 0.488 e. The Morgan fingerprint density at radius 3 is 2.61 bits per heavy atom. The Kier molecular flexibility index (Phi) is 7.37. The van der Waals surface area contributed by atoms with Crippen molar-refractivity contribution in [2.45, 2.75) is 32.7 Å². The zero-order valence-electron chi connectivity index (χ0n) is 18.7. The van der Waals surface area contributed by atoms with Gasteiger partial charge < -0.3 is 29.7 Å². The molecule has 2 heterocycles. The lowest BCUT2D eigenvalue weighted by Gasteiger charge is -2.40. The second-order valence-corrected chi connectivity index (χ2v) is 8.61. The monoisotopic (exact) mass is 474 g/mol. The molecule has 0 bridgehead atoms. The first-order valence-corrected chi connectivity index (χ1v) is 11.3. The van der Waals surface area contributed by atoms with Crippen LogP contribution in [0.25, 0.3) is 0 Å². The molecule has 7 nitrogen and oxygen atoms in total. The van der Waals surface area contributed by atoms with E-state index in [0.717, 1.165) is 5.56 Å². The summed E-state index contributed by atoms with van der Waals surface area (Å²) in [7, 11) is 0. The van der Waals surface area contributed by atoms with E-state index in [4.69, 9.17) is 21.1 Å². The molecular weight excluding hydrogens is 447 g/mol. The molecule has 0 spiro atoms. The second-order valence-electron chi connectivity index (χ2n) is 8.17. The van der Waals surface area contributed by atoms with Gasteiger partial charge in [0.2, 0.25) is 5.96 Å². The van der Waals surface area contributed by atoms with Crippen molar-refractivity contribution in [1.82, 2.24) is 9.80 Å². The van der Waals surface area contributed by atoms with Gasteiger partial charge in [-0.2, -0.15) is 0 Å². The Labute approximate surface area is 198 Å². The molecule has 0 amide bonds. The maximum absolute atomic E-state index is 14.5. The molecule has 0 aromatic heterocycles. The van der Waals surface area contributed by atoms with Crippen LogP contribution in [0, 0.1) is 5.82 Å². The average molecular weight is 475 g/mol. The maximum atomic E-state index is 14.5. The summed E-state index contributed by atoms with van der Waals surface area (Å²) < 4.78 is 25.4. The molecular formula is C24H28ClFN4O3. The number of anilines is 1. The normalized spacial score (nSPS) is 18.8. The van der Waals surface area contributed by atoms with E-state index in [1.807, 2.05) is 26.0 Å². The van der Waals surface area contributed by atoms with Crippen molar-refractivity contribution in [3.63, 3.8) is 0 Å². The number of rotatable bonds is 6. The van der Waals surface area contributed by atoms with Gasteiger partial charge >= 0.3 is 0 Å². The van der Waals surface area contributed by atoms with Gasteiger partial charge in [-0.25, -0.2) is 9.38 Å². The number of guanidine groups is 1. The number of benzene rings is 2. The Morgan fingerprint density at radius 2 is 1.94 bits per heavy atom. The first-order valence-electron chi connectivity index (χ1n) is 10.9. The van der Waals surface area contributed by atoms with E-state index >= 15 is 0 Å². The highest BCUT2D eigenvalue weighted by molar-refractivity contribution is 6.30. The number of hydrogen-bond acceptors (Lipinski definition) is 7. The zero-order chi connectivity index (χ0) is 23.4. The number of nitrogens with one attached hydrogen (secondary N) is 1. The van der Waals surface area contributed by atoms with Crippen LogP contribution in [-0.2, 0) is 11.3 Å². The van der Waals surface area contributed by atoms with E-state index in [1.54, 1.807) is 35.4 Å². The van der Waals surface area contributed by atoms with Gasteiger partial charge in [0.25, 0.3) is 0 Å². The van der Waals surface area contributed by atoms with Crippen LogP contribution in [0.5, 0.6) is 5.75 Å². The molecule has 1 atom stereocenters. The Hall–Kier alpha value is -2.81. The minimum absolute atomic E-state index is 0.130. The quantitative estimate of drug-likeness (QED) is 0.658. The topological polar surface area (TPSA) is 69.6 Å². The predicted octanol–water partition coefficient (Wildman–Crippen LogP) is 4.04. The van der Waals surface area contributed by atoms with Gasteiger partial charge in [-0.05, 0) is 43.7 Å². The second kappa shape index (κ2) is 10.4. The van der Waals surface area contributed by atoms with Crippen molar-refractivity contribution in [1.29, 1.82) is 0 Å². The molecule has 2 aromatic rings. The Balaban J connectivity index is 1.60. The summed E-state index contributed by atoms with van der Waals surface area (Å²) in [5.74, 6) is 0.125. The zero-order valence-corrected chi connectivity index (χ0v) is 19.4. The Morgan fingerprint density at radius 1 is 1.21 bits per heavy atom. The number of aliphatic imine (C=N–C) groups is 1. The van der Waals surface area contributed by atoms with Crippen molar-refractivity contribution in [3.05, 3.63) is 70.8 Å². The molecule has 2 aliphatic heterocycles. The molecule has 9 heteroatoms. The van der Waals surface area contributed by atoms with Gasteiger partial charge in [-0.15, -0.1) is 0 Å². The van der Waals surface area contributed by atoms with Crippen LogP contribution < -0.4 is 10.1 Å². The lowest BCUT2D eigenvalue weighted by atomic mass is 10.2. The van der Waals surface area contributed by atoms with E-state index in [9.17, 15) is 9.50 Å². The smallest absolute Gasteiger partial charge is 0.205 e. The fraction of sp³-hybridized carbons (Fsp3) is 0.375. The van der Waals surface area contributed by atoms with E-state index in [1.165, 1.54) is 6.07 Å². The highest BCUT2D eigenvalue weighted by Crippen LogP contribution is 2.26. The van der Waals surface area contributed by atoms with Crippen molar-refractivity contribution in [3.8, 4) is 5.75 Å². The molecule has 1 fully saturated rings. The summed E-state index contributed by atoms with van der Waals surface area (Å²) in [6.07, 6.45) is 0.588. The number of ether oxygens (including phenoxy) is 2. The lowest BCUT2D eigenvalue weighted by molar-refractivity contribution is 0.00937. The Bertz CT molecular complexity index is 1020. The van der Waals surface area contributed by atoms with E-state index in [0.29, 0.717) is 55.2 Å². The fourth-order valence-corrected chi connectivity index (χ4v) is 3.85. The molecule has 2 aliphatic rings. The third-order valence-electron chi connectivity index (χ3n) is 5.34. The maximum Gasteiger partial charge on any atom is 0.205 e. The van der Waals surface area contributed by atoms with Crippen molar-refractivity contribution in [2.24, 2.45) is 4.99 Å². The summed E-state index contributed by atoms with van der Waals surface area (Å²) in [5.41, 5.74) is 2.14. The third-order valence-corrected chi connectivity index (χ3v) is 5.60. The van der Waals surface area contributed by atoms with Crippen molar-refractivity contribution >= 4 is 23.2 Å². The molecule has 2 aromatic carbocycles. The van der Waals surface area contributed by atoms with Crippen LogP contribution in [0.15, 0.2) is 59.4 Å². The van der Waals surface area contributed by atoms with Gasteiger partial charge in [-0.3, -0.25) is 0 Å². The van der Waals surface area contributed by atoms with Gasteiger partial charge in [-0.1, -0.05) is 23.7 Å². The molecule has 33 heavy (non-hydrogen) atoms. The molecule has 0 aliphatic carbocycles. The highest BCUT2D eigenvalue weighted by atomic mass is 35.5. The first-order chi connectivity index (χ1) is 15.9. The first kappa shape index (κ1) is 23.4. The van der Waals surface area contributed by atoms with E-state index in [2.05, 4.69) is 15.2 Å². The minimum Gasteiger partial charge on any atom is -0.488 e. The van der Waals surface area contributed by atoms with E-state index < -0.39 is 12.0 Å². The summed E-state index contributed by atoms with van der Waals surface area (Å²) in [4.78, 5) is 8.39. The number of aliphatic hydroxyl groups excluding tert-OH is 1. The predicted molar refractivity (Wildman–Crippen MR) is 127 cm³/mol. The molecule has 1 unspecified atom stereocenters. The van der Waals surface area contributed by atoms with Crippen LogP contribution in [-0.4, -0.2) is 59.5 Å². The number of hydrogen-bond donors (Lipinski definition) is 2. The molecule has 0 saturated carbocycles. The number of halogens is 2. The summed E-state index contributed by atoms with van der Waals surface area (Å²) in [5, 5.41) is 15.1. The SMILES string of the molecule is CC(C)Oc1ccc(NC2=NC=C(N3CCOCC3)C(O)N2Cc2ccc(Cl)cc2)cc1F. The molecule has 1 saturated heterocycles. The number of nitrogens with zero attached hydrogens (tertiary/aromatic N) is 3. The summed E-state index contributed by atoms with van der Waals surface area (Å²) >= 11 is 6.03. The van der Waals surface area contributed by atoms with Crippen molar-refractivity contribution in [2.75, 3.05) is 31.6 Å². The van der Waals surface area contributed by atoms with Crippen LogP contribution >= 0.6 is 11.6 Å². The van der Waals surface area contributed by atoms with Crippen LogP contribution in [0.3, 0.4) is 0 Å². The summed E-state index contributed by atoms with van der Waals surface area (Å²) in [6, 6.07) is 12.1. The number of morpholine rings is 1. The van der Waals surface area contributed by atoms with Crippen LogP contribution in [0.4, 0.5) is 10.1 Å². The molecule has 176 valence electrons. The molecule has 4 rings (SSSR count). The van der Waals surface area contributed by atoms with Crippen molar-refractivity contribution < 1.29 is 19.0 Å². The van der Waals surface area contributed by atoms with Gasteiger partial charge in [0, 0.05) is 36.4 Å². The van der Waals surface area contributed by atoms with Gasteiger partial charge in [0.05, 0.1) is 31.2 Å². The van der Waals surface area contributed by atoms with E-state index in [-0.39, 0.29) is 11.9 Å². The number of aliphatic hydroxyl groups is 1. The van der Waals surface area contributed by atoms with Gasteiger partial charge in [0.15, 0.2) is 17.8 Å². The minimum atomic E-state index is -0.938. The van der Waals surface area contributed by atoms with Gasteiger partial charge in [0.1, 0.15) is 0 Å². The third kappa shape index (κ3) is 5.76. The summed E-state index contributed by atoms with van der Waals surface area (Å²) in [6.45, 7) is 6.62. The molecule has 2 N–H and O–H groups in total. The standard InChI is InChI=1S/C24H28ClFN4O3/c1-16(2)33-22-8-7-19(13-20(22)26)28-24-27-14-21(29-9-11-32-12-10-29)23(31)30(24)15-17-3-5-18(25)6-4-17/h3-8,13-14,16,23,31H,9-12,15H2,1-2H3,(H,27,28). The average Bonchev–Trinajstić information content (AvgIpc) is 2.80. The fourth-order valence-electron chi connectivity index (χ4n) is 3.72. The lowest BCUT2D eigenvalue weighted by Crippen LogP contribution is -2.51.